The monoisotopic (exact) mass is 464 g/mol. The lowest BCUT2D eigenvalue weighted by Gasteiger charge is -2.41. The first-order valence-electron chi connectivity index (χ1n) is 12.7. The third-order valence-corrected chi connectivity index (χ3v) is 7.71. The molecule has 0 aliphatic carbocycles. The largest absolute Gasteiger partial charge is 0.334 e. The third kappa shape index (κ3) is 4.41. The van der Waals surface area contributed by atoms with Gasteiger partial charge in [0, 0.05) is 48.7 Å². The second-order valence-corrected chi connectivity index (χ2v) is 10.3. The Morgan fingerprint density at radius 3 is 2.69 bits per heavy atom. The van der Waals surface area contributed by atoms with Gasteiger partial charge in [-0.1, -0.05) is 35.9 Å². The Morgan fingerprint density at radius 2 is 1.86 bits per heavy atom. The first-order chi connectivity index (χ1) is 17.0. The number of benzene rings is 2. The van der Waals surface area contributed by atoms with Gasteiger partial charge in [-0.25, -0.2) is 0 Å². The van der Waals surface area contributed by atoms with Gasteiger partial charge in [-0.15, -0.1) is 0 Å². The van der Waals surface area contributed by atoms with E-state index in [0.29, 0.717) is 19.5 Å². The number of rotatable bonds is 4. The van der Waals surface area contributed by atoms with Crippen LogP contribution in [0.25, 0.3) is 0 Å². The van der Waals surface area contributed by atoms with Crippen molar-refractivity contribution in [3.63, 3.8) is 0 Å². The van der Waals surface area contributed by atoms with Crippen molar-refractivity contribution in [2.45, 2.75) is 58.8 Å². The molecule has 0 N–H and O–H groups in total. The van der Waals surface area contributed by atoms with Crippen LogP contribution in [0.1, 0.15) is 57.5 Å². The zero-order valence-electron chi connectivity index (χ0n) is 20.6. The predicted octanol–water partition coefficient (Wildman–Crippen LogP) is 4.60. The molecule has 0 saturated carbocycles. The van der Waals surface area contributed by atoms with Gasteiger partial charge in [0.25, 0.3) is 0 Å². The highest BCUT2D eigenvalue weighted by atomic mass is 16.2. The Labute approximate surface area is 207 Å². The molecule has 1 saturated heterocycles. The van der Waals surface area contributed by atoms with Crippen LogP contribution in [0.4, 0.5) is 0 Å². The number of hydrogen-bond donors (Lipinski definition) is 0. The molecular weight excluding hydrogens is 432 g/mol. The summed E-state index contributed by atoms with van der Waals surface area (Å²) < 4.78 is 0. The number of nitrogens with zero attached hydrogens (tertiary/aromatic N) is 4. The van der Waals surface area contributed by atoms with E-state index >= 15 is 0 Å². The van der Waals surface area contributed by atoms with Gasteiger partial charge in [0.2, 0.25) is 5.91 Å². The quantitative estimate of drug-likeness (QED) is 0.567. The number of carbonyl (C=O) groups excluding carboxylic acids is 1. The fourth-order valence-corrected chi connectivity index (χ4v) is 5.84. The number of fused-ring (bicyclic) bond motifs is 2. The molecule has 1 fully saturated rings. The zero-order valence-corrected chi connectivity index (χ0v) is 20.6. The number of likely N-dealkylation sites (tertiary alicyclic amines) is 1. The van der Waals surface area contributed by atoms with Crippen LogP contribution in [0.5, 0.6) is 0 Å². The van der Waals surface area contributed by atoms with E-state index in [0.717, 1.165) is 49.4 Å². The van der Waals surface area contributed by atoms with Gasteiger partial charge in [-0.3, -0.25) is 19.7 Å². The molecule has 1 amide bonds. The minimum Gasteiger partial charge on any atom is -0.334 e. The standard InChI is InChI=1S/C30H32N4O/c1-20-5-7-22(8-6-20)17-33-11-3-4-27(19-33)34-18-26-14-28-25(13-24(26)15-29(34)35)16-32-30(28)23-9-10-31-21(2)12-23/h5-10,12-14,27H,3-4,11,15-19H2,1-2H3/t27-/m1/s1. The molecule has 5 heteroatoms. The molecule has 3 aliphatic heterocycles. The van der Waals surface area contributed by atoms with Crippen molar-refractivity contribution in [2.24, 2.45) is 4.99 Å². The Balaban J connectivity index is 1.21. The van der Waals surface area contributed by atoms with Crippen LogP contribution in [0.2, 0.25) is 0 Å². The molecule has 3 aliphatic rings. The maximum atomic E-state index is 13.3. The summed E-state index contributed by atoms with van der Waals surface area (Å²) in [4.78, 5) is 27.1. The topological polar surface area (TPSA) is 48.8 Å². The summed E-state index contributed by atoms with van der Waals surface area (Å²) in [5.74, 6) is 0.267. The molecule has 3 aromatic rings. The second-order valence-electron chi connectivity index (χ2n) is 10.3. The van der Waals surface area contributed by atoms with E-state index in [1.165, 1.54) is 33.4 Å². The second kappa shape index (κ2) is 9.04. The highest BCUT2D eigenvalue weighted by Gasteiger charge is 2.33. The van der Waals surface area contributed by atoms with Gasteiger partial charge in [0.1, 0.15) is 0 Å². The number of hydrogen-bond acceptors (Lipinski definition) is 4. The highest BCUT2D eigenvalue weighted by Crippen LogP contribution is 2.32. The van der Waals surface area contributed by atoms with Crippen LogP contribution < -0.4 is 0 Å². The van der Waals surface area contributed by atoms with Crippen LogP contribution in [-0.4, -0.2) is 45.5 Å². The van der Waals surface area contributed by atoms with Crippen molar-refractivity contribution in [1.82, 2.24) is 14.8 Å². The van der Waals surface area contributed by atoms with Crippen molar-refractivity contribution in [1.29, 1.82) is 0 Å². The maximum Gasteiger partial charge on any atom is 0.227 e. The Morgan fingerprint density at radius 1 is 1.00 bits per heavy atom. The average Bonchev–Trinajstić information content (AvgIpc) is 3.26. The van der Waals surface area contributed by atoms with E-state index in [-0.39, 0.29) is 11.9 Å². The fourth-order valence-electron chi connectivity index (χ4n) is 5.84. The molecule has 35 heavy (non-hydrogen) atoms. The van der Waals surface area contributed by atoms with Gasteiger partial charge < -0.3 is 4.90 Å². The van der Waals surface area contributed by atoms with Crippen molar-refractivity contribution in [2.75, 3.05) is 13.1 Å². The Hall–Kier alpha value is -3.31. The van der Waals surface area contributed by atoms with Crippen molar-refractivity contribution in [3.05, 3.63) is 99.4 Å². The molecule has 6 rings (SSSR count). The van der Waals surface area contributed by atoms with Gasteiger partial charge >= 0.3 is 0 Å². The summed E-state index contributed by atoms with van der Waals surface area (Å²) in [7, 11) is 0. The Kier molecular flexibility index (Phi) is 5.73. The number of aromatic nitrogens is 1. The van der Waals surface area contributed by atoms with Crippen LogP contribution in [0.15, 0.2) is 59.7 Å². The SMILES string of the molecule is Cc1ccc(CN2CCC[C@@H](N3Cc4cc5c(cc4CC3=O)CN=C5c3ccnc(C)c3)C2)cc1. The average molecular weight is 465 g/mol. The van der Waals surface area contributed by atoms with E-state index in [1.807, 2.05) is 19.2 Å². The zero-order chi connectivity index (χ0) is 23.9. The van der Waals surface area contributed by atoms with E-state index in [2.05, 4.69) is 64.2 Å². The Bertz CT molecular complexity index is 1310. The molecule has 5 nitrogen and oxygen atoms in total. The number of carbonyl (C=O) groups is 1. The smallest absolute Gasteiger partial charge is 0.227 e. The molecule has 1 aromatic heterocycles. The molecule has 0 unspecified atom stereocenters. The number of piperidine rings is 1. The number of pyridine rings is 1. The lowest BCUT2D eigenvalue weighted by atomic mass is 9.90. The molecule has 1 atom stereocenters. The summed E-state index contributed by atoms with van der Waals surface area (Å²) in [6.45, 7) is 8.53. The van der Waals surface area contributed by atoms with Crippen molar-refractivity contribution >= 4 is 11.6 Å². The lowest BCUT2D eigenvalue weighted by Crippen LogP contribution is -2.51. The minimum atomic E-state index is 0.267. The first-order valence-corrected chi connectivity index (χ1v) is 12.7. The molecule has 178 valence electrons. The normalized spacial score (nSPS) is 19.9. The fraction of sp³-hybridized carbons (Fsp3) is 0.367. The molecule has 0 radical (unpaired) electrons. The summed E-state index contributed by atoms with van der Waals surface area (Å²) in [5.41, 5.74) is 10.7. The maximum absolute atomic E-state index is 13.3. The molecule has 0 spiro atoms. The van der Waals surface area contributed by atoms with Gasteiger partial charge in [0.15, 0.2) is 0 Å². The molecular formula is C30H32N4O. The minimum absolute atomic E-state index is 0.267. The first kappa shape index (κ1) is 22.2. The van der Waals surface area contributed by atoms with Crippen molar-refractivity contribution < 1.29 is 4.79 Å². The van der Waals surface area contributed by atoms with Gasteiger partial charge in [0.05, 0.1) is 18.7 Å². The summed E-state index contributed by atoms with van der Waals surface area (Å²) in [5, 5.41) is 0. The van der Waals surface area contributed by atoms with Crippen LogP contribution in [-0.2, 0) is 30.8 Å². The summed E-state index contributed by atoms with van der Waals surface area (Å²) in [6.07, 6.45) is 4.57. The van der Waals surface area contributed by atoms with Crippen LogP contribution >= 0.6 is 0 Å². The highest BCUT2D eigenvalue weighted by molar-refractivity contribution is 6.15. The summed E-state index contributed by atoms with van der Waals surface area (Å²) in [6, 6.07) is 17.8. The van der Waals surface area contributed by atoms with E-state index in [1.54, 1.807) is 0 Å². The third-order valence-electron chi connectivity index (χ3n) is 7.71. The lowest BCUT2D eigenvalue weighted by molar-refractivity contribution is -0.135. The molecule has 4 heterocycles. The predicted molar refractivity (Wildman–Crippen MR) is 138 cm³/mol. The summed E-state index contributed by atoms with van der Waals surface area (Å²) >= 11 is 0. The number of aryl methyl sites for hydroxylation is 2. The van der Waals surface area contributed by atoms with E-state index in [9.17, 15) is 4.79 Å². The van der Waals surface area contributed by atoms with Gasteiger partial charge in [-0.2, -0.15) is 0 Å². The van der Waals surface area contributed by atoms with E-state index < -0.39 is 0 Å². The van der Waals surface area contributed by atoms with Crippen molar-refractivity contribution in [3.8, 4) is 0 Å². The number of amides is 1. The number of aliphatic imine (C=N–C) groups is 1. The molecule has 2 aromatic carbocycles. The van der Waals surface area contributed by atoms with Crippen LogP contribution in [0.3, 0.4) is 0 Å². The van der Waals surface area contributed by atoms with Gasteiger partial charge in [-0.05, 0) is 73.7 Å². The van der Waals surface area contributed by atoms with Crippen LogP contribution in [0, 0.1) is 13.8 Å². The van der Waals surface area contributed by atoms with E-state index in [4.69, 9.17) is 4.99 Å². The molecule has 0 bridgehead atoms.